The Hall–Kier alpha value is -3.51. The van der Waals surface area contributed by atoms with E-state index in [0.717, 1.165) is 36.1 Å². The molecule has 6 heteroatoms. The molecule has 0 saturated carbocycles. The van der Waals surface area contributed by atoms with Crippen molar-refractivity contribution >= 4 is 11.9 Å². The summed E-state index contributed by atoms with van der Waals surface area (Å²) in [6.45, 7) is 1.14. The standard InChI is InChI=1S/C29H31FN2O3/c1-31(18-8-9-21-14-16-24(30)17-15-21)25-19-26(29(34)35)32(20-25)28(33)27(22-10-4-2-5-11-22)23-12-6-3-7-13-23/h2-7,10-17,25-27H,8-9,18-20H2,1H3,(H,34,35)/t25?,26-/m0/s1. The molecule has 0 aromatic heterocycles. The molecule has 1 aliphatic rings. The highest BCUT2D eigenvalue weighted by atomic mass is 19.1. The number of aliphatic carboxylic acids is 1. The van der Waals surface area contributed by atoms with Crippen molar-refractivity contribution in [3.05, 3.63) is 107 Å². The van der Waals surface area contributed by atoms with Gasteiger partial charge < -0.3 is 14.9 Å². The van der Waals surface area contributed by atoms with Gasteiger partial charge in [-0.3, -0.25) is 4.79 Å². The molecule has 0 spiro atoms. The summed E-state index contributed by atoms with van der Waals surface area (Å²) in [7, 11) is 1.98. The first kappa shape index (κ1) is 24.6. The zero-order chi connectivity index (χ0) is 24.8. The summed E-state index contributed by atoms with van der Waals surface area (Å²) in [6, 6.07) is 24.7. The fraction of sp³-hybridized carbons (Fsp3) is 0.310. The number of hydrogen-bond acceptors (Lipinski definition) is 3. The van der Waals surface area contributed by atoms with E-state index < -0.39 is 17.9 Å². The van der Waals surface area contributed by atoms with Gasteiger partial charge in [0.2, 0.25) is 5.91 Å². The minimum atomic E-state index is -0.972. The second-order valence-corrected chi connectivity index (χ2v) is 9.20. The molecule has 5 nitrogen and oxygen atoms in total. The van der Waals surface area contributed by atoms with Crippen LogP contribution >= 0.6 is 0 Å². The minimum absolute atomic E-state index is 0.0412. The summed E-state index contributed by atoms with van der Waals surface area (Å²) in [6.07, 6.45) is 2.07. The molecule has 0 radical (unpaired) electrons. The molecule has 1 unspecified atom stereocenters. The van der Waals surface area contributed by atoms with Crippen molar-refractivity contribution in [2.24, 2.45) is 0 Å². The molecular weight excluding hydrogens is 443 g/mol. The molecule has 1 aliphatic heterocycles. The lowest BCUT2D eigenvalue weighted by molar-refractivity contribution is -0.148. The third-order valence-electron chi connectivity index (χ3n) is 6.87. The van der Waals surface area contributed by atoms with Crippen molar-refractivity contribution < 1.29 is 19.1 Å². The maximum absolute atomic E-state index is 13.9. The zero-order valence-electron chi connectivity index (χ0n) is 19.9. The highest BCUT2D eigenvalue weighted by Crippen LogP contribution is 2.31. The number of likely N-dealkylation sites (N-methyl/N-ethyl adjacent to an activating group) is 1. The highest BCUT2D eigenvalue weighted by Gasteiger charge is 2.43. The SMILES string of the molecule is CN(CCCc1ccc(F)cc1)C1C[C@@H](C(=O)O)N(C(=O)C(c2ccccc2)c2ccccc2)C1. The van der Waals surface area contributed by atoms with Gasteiger partial charge in [0, 0.05) is 12.6 Å². The van der Waals surface area contributed by atoms with Crippen molar-refractivity contribution in [1.82, 2.24) is 9.80 Å². The molecule has 1 N–H and O–H groups in total. The molecule has 35 heavy (non-hydrogen) atoms. The second-order valence-electron chi connectivity index (χ2n) is 9.20. The average Bonchev–Trinajstić information content (AvgIpc) is 3.33. The number of halogens is 1. The molecule has 2 atom stereocenters. The Morgan fingerprint density at radius 3 is 2.09 bits per heavy atom. The predicted octanol–water partition coefficient (Wildman–Crippen LogP) is 4.58. The van der Waals surface area contributed by atoms with Crippen LogP contribution in [0.25, 0.3) is 0 Å². The zero-order valence-corrected chi connectivity index (χ0v) is 19.9. The van der Waals surface area contributed by atoms with Gasteiger partial charge in [-0.05, 0) is 61.7 Å². The largest absolute Gasteiger partial charge is 0.480 e. The Morgan fingerprint density at radius 2 is 1.54 bits per heavy atom. The Kier molecular flexibility index (Phi) is 7.93. The van der Waals surface area contributed by atoms with E-state index in [1.165, 1.54) is 12.1 Å². The van der Waals surface area contributed by atoms with Crippen LogP contribution in [0.15, 0.2) is 84.9 Å². The van der Waals surface area contributed by atoms with Crippen LogP contribution in [0.4, 0.5) is 4.39 Å². The number of rotatable bonds is 9. The average molecular weight is 475 g/mol. The van der Waals surface area contributed by atoms with Gasteiger partial charge in [-0.2, -0.15) is 0 Å². The van der Waals surface area contributed by atoms with Crippen LogP contribution in [0.3, 0.4) is 0 Å². The van der Waals surface area contributed by atoms with E-state index in [2.05, 4.69) is 4.90 Å². The second kappa shape index (κ2) is 11.3. The molecule has 3 aromatic carbocycles. The summed E-state index contributed by atoms with van der Waals surface area (Å²) in [5, 5.41) is 9.96. The summed E-state index contributed by atoms with van der Waals surface area (Å²) < 4.78 is 13.1. The van der Waals surface area contributed by atoms with E-state index in [1.54, 1.807) is 17.0 Å². The summed E-state index contributed by atoms with van der Waals surface area (Å²) in [5.41, 5.74) is 2.77. The first-order chi connectivity index (χ1) is 16.9. The van der Waals surface area contributed by atoms with Gasteiger partial charge in [-0.15, -0.1) is 0 Å². The van der Waals surface area contributed by atoms with Gasteiger partial charge in [-0.25, -0.2) is 9.18 Å². The van der Waals surface area contributed by atoms with Gasteiger partial charge in [0.15, 0.2) is 0 Å². The van der Waals surface area contributed by atoms with Crippen LogP contribution in [0.5, 0.6) is 0 Å². The van der Waals surface area contributed by atoms with E-state index in [4.69, 9.17) is 0 Å². The van der Waals surface area contributed by atoms with Gasteiger partial charge in [0.1, 0.15) is 11.9 Å². The van der Waals surface area contributed by atoms with Gasteiger partial charge in [-0.1, -0.05) is 72.8 Å². The van der Waals surface area contributed by atoms with Gasteiger partial charge in [0.05, 0.1) is 5.92 Å². The minimum Gasteiger partial charge on any atom is -0.480 e. The van der Waals surface area contributed by atoms with Crippen LogP contribution in [0.1, 0.15) is 35.4 Å². The molecule has 0 bridgehead atoms. The van der Waals surface area contributed by atoms with E-state index >= 15 is 0 Å². The molecule has 1 amide bonds. The molecule has 182 valence electrons. The number of carbonyl (C=O) groups is 2. The van der Waals surface area contributed by atoms with Crippen molar-refractivity contribution in [2.45, 2.75) is 37.3 Å². The number of likely N-dealkylation sites (tertiary alicyclic amines) is 1. The van der Waals surface area contributed by atoms with E-state index in [-0.39, 0.29) is 17.8 Å². The molecule has 1 fully saturated rings. The number of carboxylic acid groups (broad SMARTS) is 1. The lowest BCUT2D eigenvalue weighted by atomic mass is 9.90. The fourth-order valence-corrected chi connectivity index (χ4v) is 4.91. The molecule has 1 heterocycles. The monoisotopic (exact) mass is 474 g/mol. The highest BCUT2D eigenvalue weighted by molar-refractivity contribution is 5.91. The number of carbonyl (C=O) groups excluding carboxylic acids is 1. The Labute approximate surface area is 205 Å². The normalized spacial score (nSPS) is 17.8. The molecule has 4 rings (SSSR count). The lowest BCUT2D eigenvalue weighted by Crippen LogP contribution is -2.43. The van der Waals surface area contributed by atoms with Gasteiger partial charge >= 0.3 is 5.97 Å². The summed E-state index contributed by atoms with van der Waals surface area (Å²) in [5.74, 6) is -1.95. The molecule has 3 aromatic rings. The van der Waals surface area contributed by atoms with Crippen LogP contribution in [0.2, 0.25) is 0 Å². The van der Waals surface area contributed by atoms with Crippen LogP contribution < -0.4 is 0 Å². The molecule has 1 saturated heterocycles. The van der Waals surface area contributed by atoms with Crippen LogP contribution in [-0.2, 0) is 16.0 Å². The Bertz CT molecular complexity index is 1080. The van der Waals surface area contributed by atoms with E-state index in [0.29, 0.717) is 13.0 Å². The number of carboxylic acids is 1. The number of aryl methyl sites for hydroxylation is 1. The van der Waals surface area contributed by atoms with E-state index in [9.17, 15) is 19.1 Å². The molecular formula is C29H31FN2O3. The number of nitrogens with zero attached hydrogens (tertiary/aromatic N) is 2. The van der Waals surface area contributed by atoms with Crippen molar-refractivity contribution in [1.29, 1.82) is 0 Å². The fourth-order valence-electron chi connectivity index (χ4n) is 4.91. The maximum atomic E-state index is 13.9. The van der Waals surface area contributed by atoms with Crippen molar-refractivity contribution in [2.75, 3.05) is 20.1 Å². The third-order valence-corrected chi connectivity index (χ3v) is 6.87. The first-order valence-corrected chi connectivity index (χ1v) is 12.0. The molecule has 0 aliphatic carbocycles. The number of hydrogen-bond donors (Lipinski definition) is 1. The lowest BCUT2D eigenvalue weighted by Gasteiger charge is -2.28. The Balaban J connectivity index is 1.48. The summed E-state index contributed by atoms with van der Waals surface area (Å²) in [4.78, 5) is 29.7. The smallest absolute Gasteiger partial charge is 0.326 e. The predicted molar refractivity (Wildman–Crippen MR) is 134 cm³/mol. The number of benzene rings is 3. The summed E-state index contributed by atoms with van der Waals surface area (Å²) >= 11 is 0. The first-order valence-electron chi connectivity index (χ1n) is 12.0. The van der Waals surface area contributed by atoms with Crippen molar-refractivity contribution in [3.63, 3.8) is 0 Å². The Morgan fingerprint density at radius 1 is 0.971 bits per heavy atom. The van der Waals surface area contributed by atoms with Crippen LogP contribution in [0, 0.1) is 5.82 Å². The van der Waals surface area contributed by atoms with Crippen molar-refractivity contribution in [3.8, 4) is 0 Å². The van der Waals surface area contributed by atoms with E-state index in [1.807, 2.05) is 67.7 Å². The van der Waals surface area contributed by atoms with Crippen LogP contribution in [-0.4, -0.2) is 59.0 Å². The van der Waals surface area contributed by atoms with Gasteiger partial charge in [0.25, 0.3) is 0 Å². The topological polar surface area (TPSA) is 60.9 Å². The maximum Gasteiger partial charge on any atom is 0.326 e. The third kappa shape index (κ3) is 5.95. The number of amides is 1. The quantitative estimate of drug-likeness (QED) is 0.493.